The summed E-state index contributed by atoms with van der Waals surface area (Å²) in [4.78, 5) is 2.44. The van der Waals surface area contributed by atoms with Crippen molar-refractivity contribution in [2.45, 2.75) is 58.6 Å². The first-order chi connectivity index (χ1) is 9.20. The highest BCUT2D eigenvalue weighted by molar-refractivity contribution is 5.18. The summed E-state index contributed by atoms with van der Waals surface area (Å²) in [5.74, 6) is 0. The zero-order chi connectivity index (χ0) is 14.1. The van der Waals surface area contributed by atoms with Crippen LogP contribution in [0.1, 0.15) is 58.1 Å². The van der Waals surface area contributed by atoms with Crippen LogP contribution in [0.5, 0.6) is 0 Å². The lowest BCUT2D eigenvalue weighted by molar-refractivity contribution is 0.0560. The third-order valence-electron chi connectivity index (χ3n) is 3.77. The second kappa shape index (κ2) is 9.11. The summed E-state index contributed by atoms with van der Waals surface area (Å²) in [6.45, 7) is 8.75. The first kappa shape index (κ1) is 16.2. The third kappa shape index (κ3) is 5.33. The maximum absolute atomic E-state index is 10.5. The molecule has 0 aliphatic heterocycles. The van der Waals surface area contributed by atoms with Crippen LogP contribution in [-0.2, 0) is 0 Å². The molecule has 1 aromatic carbocycles. The van der Waals surface area contributed by atoms with E-state index in [-0.39, 0.29) is 6.04 Å². The van der Waals surface area contributed by atoms with E-state index in [0.29, 0.717) is 0 Å². The Labute approximate surface area is 118 Å². The van der Waals surface area contributed by atoms with Crippen molar-refractivity contribution in [3.63, 3.8) is 0 Å². The van der Waals surface area contributed by atoms with E-state index in [4.69, 9.17) is 0 Å². The molecular weight excluding hydrogens is 234 g/mol. The summed E-state index contributed by atoms with van der Waals surface area (Å²) in [6, 6.07) is 10.2. The Morgan fingerprint density at radius 3 is 2.00 bits per heavy atom. The zero-order valence-corrected chi connectivity index (χ0v) is 12.7. The number of hydrogen-bond acceptors (Lipinski definition) is 2. The molecule has 0 aliphatic rings. The van der Waals surface area contributed by atoms with E-state index in [1.807, 2.05) is 30.3 Å². The van der Waals surface area contributed by atoms with Gasteiger partial charge in [-0.25, -0.2) is 0 Å². The summed E-state index contributed by atoms with van der Waals surface area (Å²) in [6.07, 6.45) is 4.42. The highest BCUT2D eigenvalue weighted by Gasteiger charge is 2.22. The predicted octanol–water partition coefficient (Wildman–Crippen LogP) is 4.01. The van der Waals surface area contributed by atoms with Gasteiger partial charge in [0, 0.05) is 6.04 Å². The van der Waals surface area contributed by atoms with Gasteiger partial charge in [-0.15, -0.1) is 0 Å². The molecule has 2 nitrogen and oxygen atoms in total. The topological polar surface area (TPSA) is 23.5 Å². The Morgan fingerprint density at radius 1 is 1.00 bits per heavy atom. The quantitative estimate of drug-likeness (QED) is 0.727. The van der Waals surface area contributed by atoms with Gasteiger partial charge in [-0.2, -0.15) is 0 Å². The number of unbranched alkanes of at least 4 members (excludes halogenated alkanes) is 2. The minimum atomic E-state index is -0.394. The highest BCUT2D eigenvalue weighted by atomic mass is 16.3. The van der Waals surface area contributed by atoms with Crippen molar-refractivity contribution in [2.75, 3.05) is 13.1 Å². The number of nitrogens with zero attached hydrogens (tertiary/aromatic N) is 1. The molecule has 19 heavy (non-hydrogen) atoms. The van der Waals surface area contributed by atoms with Crippen LogP contribution >= 0.6 is 0 Å². The molecule has 0 bridgehead atoms. The molecule has 0 radical (unpaired) electrons. The van der Waals surface area contributed by atoms with Crippen molar-refractivity contribution in [3.8, 4) is 0 Å². The van der Waals surface area contributed by atoms with Crippen LogP contribution < -0.4 is 0 Å². The number of hydrogen-bond donors (Lipinski definition) is 1. The Kier molecular flexibility index (Phi) is 7.76. The number of benzene rings is 1. The van der Waals surface area contributed by atoms with Crippen LogP contribution in [0.2, 0.25) is 0 Å². The van der Waals surface area contributed by atoms with Gasteiger partial charge in [0.15, 0.2) is 0 Å². The lowest BCUT2D eigenvalue weighted by Crippen LogP contribution is -2.39. The van der Waals surface area contributed by atoms with E-state index in [9.17, 15) is 5.11 Å². The van der Waals surface area contributed by atoms with Gasteiger partial charge in [0.05, 0.1) is 6.10 Å². The molecule has 2 heteroatoms. The molecule has 1 N–H and O–H groups in total. The maximum atomic E-state index is 10.5. The third-order valence-corrected chi connectivity index (χ3v) is 3.77. The van der Waals surface area contributed by atoms with Gasteiger partial charge in [0.1, 0.15) is 0 Å². The largest absolute Gasteiger partial charge is 0.387 e. The smallest absolute Gasteiger partial charge is 0.0942 e. The molecule has 0 aromatic heterocycles. The minimum Gasteiger partial charge on any atom is -0.387 e. The molecule has 0 spiro atoms. The molecule has 0 amide bonds. The van der Waals surface area contributed by atoms with E-state index in [2.05, 4.69) is 25.7 Å². The Bertz CT molecular complexity index is 317. The molecular formula is C17H29NO. The maximum Gasteiger partial charge on any atom is 0.0942 e. The van der Waals surface area contributed by atoms with E-state index in [1.165, 1.54) is 25.7 Å². The van der Waals surface area contributed by atoms with E-state index in [0.717, 1.165) is 18.7 Å². The van der Waals surface area contributed by atoms with Crippen LogP contribution in [-0.4, -0.2) is 29.1 Å². The summed E-state index contributed by atoms with van der Waals surface area (Å²) >= 11 is 0. The Hall–Kier alpha value is -0.860. The molecule has 0 saturated heterocycles. The van der Waals surface area contributed by atoms with Crippen LogP contribution in [0.3, 0.4) is 0 Å². The van der Waals surface area contributed by atoms with Crippen molar-refractivity contribution in [1.29, 1.82) is 0 Å². The summed E-state index contributed by atoms with van der Waals surface area (Å²) in [5, 5.41) is 10.5. The molecule has 1 rings (SSSR count). The summed E-state index contributed by atoms with van der Waals surface area (Å²) in [5.41, 5.74) is 1.02. The number of aliphatic hydroxyl groups excluding tert-OH is 1. The fourth-order valence-electron chi connectivity index (χ4n) is 2.37. The molecule has 0 fully saturated rings. The number of aliphatic hydroxyl groups is 1. The highest BCUT2D eigenvalue weighted by Crippen LogP contribution is 2.21. The second-order valence-corrected chi connectivity index (χ2v) is 5.34. The van der Waals surface area contributed by atoms with Crippen LogP contribution in [0, 0.1) is 0 Å². The van der Waals surface area contributed by atoms with Gasteiger partial charge in [-0.05, 0) is 38.4 Å². The van der Waals surface area contributed by atoms with Crippen LogP contribution in [0.25, 0.3) is 0 Å². The Balaban J connectivity index is 2.65. The second-order valence-electron chi connectivity index (χ2n) is 5.34. The molecule has 0 unspecified atom stereocenters. The van der Waals surface area contributed by atoms with Gasteiger partial charge in [0.25, 0.3) is 0 Å². The lowest BCUT2D eigenvalue weighted by atomic mass is 10.0. The average molecular weight is 263 g/mol. The van der Waals surface area contributed by atoms with E-state index in [1.54, 1.807) is 0 Å². The fourth-order valence-corrected chi connectivity index (χ4v) is 2.37. The van der Waals surface area contributed by atoms with Crippen molar-refractivity contribution >= 4 is 0 Å². The van der Waals surface area contributed by atoms with Crippen LogP contribution in [0.4, 0.5) is 0 Å². The average Bonchev–Trinajstić information content (AvgIpc) is 2.47. The number of rotatable bonds is 9. The fraction of sp³-hybridized carbons (Fsp3) is 0.647. The predicted molar refractivity (Wildman–Crippen MR) is 82.3 cm³/mol. The summed E-state index contributed by atoms with van der Waals surface area (Å²) in [7, 11) is 0. The van der Waals surface area contributed by atoms with E-state index >= 15 is 0 Å². The first-order valence-electron chi connectivity index (χ1n) is 7.67. The van der Waals surface area contributed by atoms with Gasteiger partial charge in [-0.3, -0.25) is 4.90 Å². The molecule has 0 aliphatic carbocycles. The standard InChI is InChI=1S/C17H29NO/c1-4-6-13-18(14-7-5-2)15(3)17(19)16-11-9-8-10-12-16/h8-12,15,17,19H,4-7,13-14H2,1-3H3/t15-,17+/m1/s1. The molecule has 1 aromatic rings. The monoisotopic (exact) mass is 263 g/mol. The molecule has 2 atom stereocenters. The van der Waals surface area contributed by atoms with Gasteiger partial charge in [0.2, 0.25) is 0 Å². The lowest BCUT2D eigenvalue weighted by Gasteiger charge is -2.32. The molecule has 0 saturated carbocycles. The normalized spacial score (nSPS) is 14.6. The zero-order valence-electron chi connectivity index (χ0n) is 12.7. The molecule has 108 valence electrons. The SMILES string of the molecule is CCCCN(CCCC)[C@H](C)[C@H](O)c1ccccc1. The van der Waals surface area contributed by atoms with Gasteiger partial charge >= 0.3 is 0 Å². The summed E-state index contributed by atoms with van der Waals surface area (Å²) < 4.78 is 0. The van der Waals surface area contributed by atoms with Crippen molar-refractivity contribution in [1.82, 2.24) is 4.90 Å². The molecule has 0 heterocycles. The van der Waals surface area contributed by atoms with Crippen molar-refractivity contribution < 1.29 is 5.11 Å². The minimum absolute atomic E-state index is 0.181. The van der Waals surface area contributed by atoms with E-state index < -0.39 is 6.10 Å². The Morgan fingerprint density at radius 2 is 1.53 bits per heavy atom. The van der Waals surface area contributed by atoms with Gasteiger partial charge < -0.3 is 5.11 Å². The van der Waals surface area contributed by atoms with Crippen molar-refractivity contribution in [3.05, 3.63) is 35.9 Å². The van der Waals surface area contributed by atoms with Crippen LogP contribution in [0.15, 0.2) is 30.3 Å². The van der Waals surface area contributed by atoms with Gasteiger partial charge in [-0.1, -0.05) is 57.0 Å². The first-order valence-corrected chi connectivity index (χ1v) is 7.67. The van der Waals surface area contributed by atoms with Crippen molar-refractivity contribution in [2.24, 2.45) is 0 Å².